The first-order valence-corrected chi connectivity index (χ1v) is 10.9. The topological polar surface area (TPSA) is 147 Å². The van der Waals surface area contributed by atoms with Crippen LogP contribution in [0.3, 0.4) is 0 Å². The maximum absolute atomic E-state index is 11.7. The molecule has 2 rings (SSSR count). The van der Waals surface area contributed by atoms with Gasteiger partial charge in [-0.2, -0.15) is 0 Å². The molecule has 1 aromatic rings. The normalized spacial score (nSPS) is 25.2. The lowest BCUT2D eigenvalue weighted by Crippen LogP contribution is -2.64. The van der Waals surface area contributed by atoms with E-state index in [0.29, 0.717) is 19.6 Å². The van der Waals surface area contributed by atoms with Crippen LogP contribution in [-0.2, 0) is 25.6 Å². The minimum absolute atomic E-state index is 0.232. The fourth-order valence-electron chi connectivity index (χ4n) is 3.36. The third-order valence-corrected chi connectivity index (χ3v) is 5.09. The average Bonchev–Trinajstić information content (AvgIpc) is 2.79. The van der Waals surface area contributed by atoms with E-state index in [1.165, 1.54) is 6.92 Å². The van der Waals surface area contributed by atoms with Gasteiger partial charge in [-0.25, -0.2) is 4.79 Å². The van der Waals surface area contributed by atoms with E-state index < -0.39 is 49.3 Å². The van der Waals surface area contributed by atoms with Crippen molar-refractivity contribution in [1.82, 2.24) is 10.6 Å². The van der Waals surface area contributed by atoms with Gasteiger partial charge in [0, 0.05) is 20.1 Å². The summed E-state index contributed by atoms with van der Waals surface area (Å²) in [6.45, 7) is 1.86. The second-order valence-corrected chi connectivity index (χ2v) is 7.71. The van der Waals surface area contributed by atoms with Crippen molar-refractivity contribution in [2.45, 2.75) is 69.9 Å². The van der Waals surface area contributed by atoms with Crippen molar-refractivity contribution >= 4 is 12.0 Å². The Bertz CT molecular complexity index is 690. The summed E-state index contributed by atoms with van der Waals surface area (Å²) in [6, 6.07) is 8.51. The lowest BCUT2D eigenvalue weighted by atomic mass is 9.97. The van der Waals surface area contributed by atoms with Crippen molar-refractivity contribution in [2.75, 3.05) is 19.8 Å². The van der Waals surface area contributed by atoms with Crippen molar-refractivity contribution in [1.29, 1.82) is 0 Å². The standard InChI is InChI=1S/C22H34N2O8/c1-15(26)24-18-20(28)19(27)17(13-25)32-21(18)30-12-8-3-2-7-11-23-22(29)31-14-16-9-5-4-6-10-16/h4-6,9-10,17-21,25,27-28H,2-3,7-8,11-14H2,1H3,(H,23,29)(H,24,26)/t17-,18-,19-,20-,21-/m1/s1. The summed E-state index contributed by atoms with van der Waals surface area (Å²) < 4.78 is 16.3. The predicted octanol–water partition coefficient (Wildman–Crippen LogP) is 0.433. The molecule has 1 aliphatic heterocycles. The molecule has 10 nitrogen and oxygen atoms in total. The summed E-state index contributed by atoms with van der Waals surface area (Å²) in [5.74, 6) is -0.393. The number of carbonyl (C=O) groups is 2. The van der Waals surface area contributed by atoms with Crippen molar-refractivity contribution in [3.8, 4) is 0 Å². The summed E-state index contributed by atoms with van der Waals surface area (Å²) in [6.07, 6.45) is -1.87. The Morgan fingerprint density at radius 1 is 1.06 bits per heavy atom. The minimum Gasteiger partial charge on any atom is -0.445 e. The first kappa shape index (κ1) is 26.0. The van der Waals surface area contributed by atoms with Crippen molar-refractivity contribution in [3.05, 3.63) is 35.9 Å². The van der Waals surface area contributed by atoms with Crippen LogP contribution in [0.2, 0.25) is 0 Å². The lowest BCUT2D eigenvalue weighted by Gasteiger charge is -2.42. The van der Waals surface area contributed by atoms with E-state index in [9.17, 15) is 24.9 Å². The molecule has 1 aromatic carbocycles. The number of hydrogen-bond donors (Lipinski definition) is 5. The van der Waals surface area contributed by atoms with Crippen LogP contribution < -0.4 is 10.6 Å². The zero-order valence-electron chi connectivity index (χ0n) is 18.3. The largest absolute Gasteiger partial charge is 0.445 e. The Morgan fingerprint density at radius 3 is 2.47 bits per heavy atom. The van der Waals surface area contributed by atoms with Crippen LogP contribution in [0.5, 0.6) is 0 Å². The molecule has 0 bridgehead atoms. The van der Waals surface area contributed by atoms with Gasteiger partial charge in [0.15, 0.2) is 6.29 Å². The van der Waals surface area contributed by atoms with Crippen LogP contribution in [0.15, 0.2) is 30.3 Å². The van der Waals surface area contributed by atoms with Gasteiger partial charge < -0.3 is 40.2 Å². The molecule has 0 unspecified atom stereocenters. The molecule has 1 saturated heterocycles. The molecule has 0 radical (unpaired) electrons. The van der Waals surface area contributed by atoms with Gasteiger partial charge in [0.25, 0.3) is 0 Å². The third-order valence-electron chi connectivity index (χ3n) is 5.09. The Hall–Kier alpha value is -2.24. The first-order chi connectivity index (χ1) is 15.4. The number of hydrogen-bond acceptors (Lipinski definition) is 8. The number of carbonyl (C=O) groups excluding carboxylic acids is 2. The Morgan fingerprint density at radius 2 is 1.78 bits per heavy atom. The van der Waals surface area contributed by atoms with Crippen LogP contribution in [0.25, 0.3) is 0 Å². The van der Waals surface area contributed by atoms with E-state index in [1.54, 1.807) is 0 Å². The van der Waals surface area contributed by atoms with Crippen LogP contribution in [-0.4, -0.2) is 77.7 Å². The van der Waals surface area contributed by atoms with Gasteiger partial charge >= 0.3 is 6.09 Å². The average molecular weight is 455 g/mol. The highest BCUT2D eigenvalue weighted by atomic mass is 16.7. The fourth-order valence-corrected chi connectivity index (χ4v) is 3.36. The second kappa shape index (κ2) is 14.0. The molecule has 1 heterocycles. The summed E-state index contributed by atoms with van der Waals surface area (Å²) in [5, 5.41) is 34.8. The molecule has 0 aliphatic carbocycles. The second-order valence-electron chi connectivity index (χ2n) is 7.71. The van der Waals surface area contributed by atoms with E-state index in [2.05, 4.69) is 10.6 Å². The van der Waals surface area contributed by atoms with Gasteiger partial charge in [0.05, 0.1) is 6.61 Å². The SMILES string of the molecule is CC(=O)N[C@H]1[C@H](OCCCCCCNC(=O)OCc2ccccc2)O[C@H](CO)[C@@H](O)[C@@H]1O. The molecule has 5 atom stereocenters. The quantitative estimate of drug-likeness (QED) is 0.286. The van der Waals surface area contributed by atoms with Crippen LogP contribution in [0, 0.1) is 0 Å². The van der Waals surface area contributed by atoms with Crippen LogP contribution in [0.1, 0.15) is 38.2 Å². The number of nitrogens with one attached hydrogen (secondary N) is 2. The molecule has 0 aromatic heterocycles. The molecule has 1 aliphatic rings. The smallest absolute Gasteiger partial charge is 0.407 e. The first-order valence-electron chi connectivity index (χ1n) is 10.9. The molecule has 0 saturated carbocycles. The number of amides is 2. The maximum atomic E-state index is 11.7. The molecule has 5 N–H and O–H groups in total. The van der Waals surface area contributed by atoms with E-state index >= 15 is 0 Å². The molecule has 10 heteroatoms. The maximum Gasteiger partial charge on any atom is 0.407 e. The third kappa shape index (κ3) is 8.71. The Kier molecular flexibility index (Phi) is 11.4. The van der Waals surface area contributed by atoms with E-state index in [4.69, 9.17) is 14.2 Å². The van der Waals surface area contributed by atoms with Gasteiger partial charge in [-0.05, 0) is 18.4 Å². The van der Waals surface area contributed by atoms with Crippen molar-refractivity contribution < 1.29 is 39.1 Å². The lowest BCUT2D eigenvalue weighted by molar-refractivity contribution is -0.270. The van der Waals surface area contributed by atoms with E-state index in [-0.39, 0.29) is 6.61 Å². The molecule has 1 fully saturated rings. The number of aliphatic hydroxyl groups excluding tert-OH is 3. The highest BCUT2D eigenvalue weighted by Crippen LogP contribution is 2.22. The molecular formula is C22H34N2O8. The van der Waals surface area contributed by atoms with Gasteiger partial charge in [-0.3, -0.25) is 4.79 Å². The van der Waals surface area contributed by atoms with Gasteiger partial charge in [-0.15, -0.1) is 0 Å². The van der Waals surface area contributed by atoms with Crippen molar-refractivity contribution in [2.24, 2.45) is 0 Å². The van der Waals surface area contributed by atoms with Gasteiger partial charge in [0.1, 0.15) is 31.0 Å². The Labute approximate surface area is 187 Å². The molecule has 2 amide bonds. The number of rotatable bonds is 12. The Balaban J connectivity index is 1.57. The van der Waals surface area contributed by atoms with Gasteiger partial charge in [0.2, 0.25) is 5.91 Å². The fraction of sp³-hybridized carbons (Fsp3) is 0.636. The number of ether oxygens (including phenoxy) is 3. The number of unbranched alkanes of at least 4 members (excludes halogenated alkanes) is 3. The number of benzene rings is 1. The van der Waals surface area contributed by atoms with Crippen molar-refractivity contribution in [3.63, 3.8) is 0 Å². The summed E-state index contributed by atoms with van der Waals surface area (Å²) in [4.78, 5) is 23.1. The van der Waals surface area contributed by atoms with Gasteiger partial charge in [-0.1, -0.05) is 43.2 Å². The minimum atomic E-state index is -1.33. The predicted molar refractivity (Wildman–Crippen MR) is 114 cm³/mol. The molecule has 32 heavy (non-hydrogen) atoms. The van der Waals surface area contributed by atoms with E-state index in [0.717, 1.165) is 24.8 Å². The monoisotopic (exact) mass is 454 g/mol. The summed E-state index contributed by atoms with van der Waals surface area (Å²) in [5.41, 5.74) is 0.928. The zero-order chi connectivity index (χ0) is 23.3. The number of alkyl carbamates (subject to hydrolysis) is 1. The highest BCUT2D eigenvalue weighted by molar-refractivity contribution is 5.73. The zero-order valence-corrected chi connectivity index (χ0v) is 18.3. The van der Waals surface area contributed by atoms with Crippen LogP contribution in [0.4, 0.5) is 4.79 Å². The summed E-state index contributed by atoms with van der Waals surface area (Å²) >= 11 is 0. The molecular weight excluding hydrogens is 420 g/mol. The highest BCUT2D eigenvalue weighted by Gasteiger charge is 2.45. The van der Waals surface area contributed by atoms with Crippen LogP contribution >= 0.6 is 0 Å². The van der Waals surface area contributed by atoms with E-state index in [1.807, 2.05) is 30.3 Å². The molecule has 0 spiro atoms. The summed E-state index contributed by atoms with van der Waals surface area (Å²) in [7, 11) is 0. The molecule has 180 valence electrons. The number of aliphatic hydroxyl groups is 3.